The number of hydrogen-bond donors (Lipinski definition) is 1. The van der Waals surface area contributed by atoms with Gasteiger partial charge in [0.15, 0.2) is 11.6 Å². The average Bonchev–Trinajstić information content (AvgIpc) is 2.41. The zero-order valence-corrected chi connectivity index (χ0v) is 12.1. The average molecular weight is 294 g/mol. The summed E-state index contributed by atoms with van der Waals surface area (Å²) in [6, 6.07) is 8.84. The normalized spacial score (nSPS) is 10.6. The van der Waals surface area contributed by atoms with Crippen LogP contribution in [0.2, 0.25) is 5.02 Å². The number of anilines is 2. The smallest absolute Gasteiger partial charge is 0.167 e. The van der Waals surface area contributed by atoms with E-state index in [1.54, 1.807) is 0 Å². The predicted molar refractivity (Wildman–Crippen MR) is 81.4 cm³/mol. The topological polar surface area (TPSA) is 42.1 Å². The van der Waals surface area contributed by atoms with Crippen LogP contribution in [0.1, 0.15) is 18.9 Å². The third kappa shape index (κ3) is 3.61. The summed E-state index contributed by atoms with van der Waals surface area (Å²) < 4.78 is 14.0. The van der Waals surface area contributed by atoms with Gasteiger partial charge in [-0.05, 0) is 30.2 Å². The number of hydrogen-bond acceptors (Lipinski definition) is 3. The molecule has 0 saturated heterocycles. The minimum absolute atomic E-state index is 0.301. The first-order chi connectivity index (χ1) is 9.60. The molecule has 2 rings (SSSR count). The molecule has 2 N–H and O–H groups in total. The molecule has 0 spiro atoms. The highest BCUT2D eigenvalue weighted by Gasteiger charge is 2.13. The van der Waals surface area contributed by atoms with Gasteiger partial charge < -0.3 is 10.6 Å². The van der Waals surface area contributed by atoms with E-state index in [0.717, 1.165) is 18.5 Å². The Hall–Kier alpha value is -1.81. The van der Waals surface area contributed by atoms with Crippen LogP contribution in [0, 0.1) is 5.82 Å². The number of pyridine rings is 1. The lowest BCUT2D eigenvalue weighted by molar-refractivity contribution is 0.605. The molecule has 0 atom stereocenters. The maximum Gasteiger partial charge on any atom is 0.167 e. The third-order valence-corrected chi connectivity index (χ3v) is 3.14. The molecule has 0 bridgehead atoms. The van der Waals surface area contributed by atoms with Crippen LogP contribution in [0.4, 0.5) is 15.9 Å². The molecule has 0 fully saturated rings. The number of halogens is 2. The van der Waals surface area contributed by atoms with Gasteiger partial charge in [-0.25, -0.2) is 9.37 Å². The molecule has 3 nitrogen and oxygen atoms in total. The Morgan fingerprint density at radius 2 is 2.00 bits per heavy atom. The van der Waals surface area contributed by atoms with Gasteiger partial charge in [0.2, 0.25) is 0 Å². The summed E-state index contributed by atoms with van der Waals surface area (Å²) >= 11 is 5.74. The number of benzene rings is 1. The first kappa shape index (κ1) is 14.6. The van der Waals surface area contributed by atoms with Gasteiger partial charge in [0.05, 0.1) is 5.02 Å². The predicted octanol–water partition coefficient (Wildman–Crippen LogP) is 3.87. The van der Waals surface area contributed by atoms with Crippen LogP contribution in [-0.4, -0.2) is 11.5 Å². The highest BCUT2D eigenvalue weighted by atomic mass is 35.5. The Balaban J connectivity index is 2.24. The second kappa shape index (κ2) is 6.57. The van der Waals surface area contributed by atoms with Crippen LogP contribution >= 0.6 is 11.6 Å². The van der Waals surface area contributed by atoms with E-state index in [1.165, 1.54) is 12.3 Å². The number of nitrogen functional groups attached to an aromatic ring is 1. The molecule has 2 aromatic rings. The van der Waals surface area contributed by atoms with Crippen LogP contribution in [0.25, 0.3) is 0 Å². The monoisotopic (exact) mass is 293 g/mol. The summed E-state index contributed by atoms with van der Waals surface area (Å²) in [4.78, 5) is 6.00. The Bertz CT molecular complexity index is 572. The van der Waals surface area contributed by atoms with Crippen molar-refractivity contribution in [3.8, 4) is 0 Å². The summed E-state index contributed by atoms with van der Waals surface area (Å²) in [6.07, 6.45) is 2.37. The molecule has 0 unspecified atom stereocenters. The SMILES string of the molecule is CCCN(Cc1ccc(N)cc1)c1ncc(Cl)cc1F. The van der Waals surface area contributed by atoms with Crippen molar-refractivity contribution >= 4 is 23.1 Å². The lowest BCUT2D eigenvalue weighted by Crippen LogP contribution is -2.25. The van der Waals surface area contributed by atoms with E-state index in [-0.39, 0.29) is 0 Å². The van der Waals surface area contributed by atoms with E-state index in [1.807, 2.05) is 36.1 Å². The Morgan fingerprint density at radius 1 is 1.30 bits per heavy atom. The number of rotatable bonds is 5. The van der Waals surface area contributed by atoms with E-state index >= 15 is 0 Å². The fraction of sp³-hybridized carbons (Fsp3) is 0.267. The number of aromatic nitrogens is 1. The van der Waals surface area contributed by atoms with Crippen LogP contribution in [-0.2, 0) is 6.54 Å². The van der Waals surface area contributed by atoms with Crippen LogP contribution in [0.5, 0.6) is 0 Å². The lowest BCUT2D eigenvalue weighted by atomic mass is 10.2. The third-order valence-electron chi connectivity index (χ3n) is 2.93. The van der Waals surface area contributed by atoms with E-state index in [9.17, 15) is 4.39 Å². The molecule has 5 heteroatoms. The molecule has 1 heterocycles. The molecule has 1 aromatic carbocycles. The molecule has 0 aliphatic heterocycles. The molecule has 20 heavy (non-hydrogen) atoms. The van der Waals surface area contributed by atoms with E-state index in [0.29, 0.717) is 23.1 Å². The first-order valence-electron chi connectivity index (χ1n) is 6.50. The molecule has 0 aliphatic rings. The maximum absolute atomic E-state index is 14.0. The summed E-state index contributed by atoms with van der Waals surface area (Å²) in [5.41, 5.74) is 7.44. The number of nitrogens with two attached hydrogens (primary N) is 1. The molecule has 0 radical (unpaired) electrons. The van der Waals surface area contributed by atoms with Crippen molar-refractivity contribution in [2.75, 3.05) is 17.2 Å². The van der Waals surface area contributed by atoms with Crippen molar-refractivity contribution in [3.63, 3.8) is 0 Å². The largest absolute Gasteiger partial charge is 0.399 e. The van der Waals surface area contributed by atoms with Crippen molar-refractivity contribution in [1.82, 2.24) is 4.98 Å². The molecule has 1 aromatic heterocycles. The van der Waals surface area contributed by atoms with E-state index < -0.39 is 5.82 Å². The molecular formula is C15H17ClFN3. The standard InChI is InChI=1S/C15H17ClFN3/c1-2-7-20(10-11-3-5-13(18)6-4-11)15-14(17)8-12(16)9-19-15/h3-6,8-9H,2,7,10,18H2,1H3. The summed E-state index contributed by atoms with van der Waals surface area (Å²) in [5, 5.41) is 0.301. The first-order valence-corrected chi connectivity index (χ1v) is 6.88. The van der Waals surface area contributed by atoms with Gasteiger partial charge in [0, 0.05) is 25.0 Å². The summed E-state index contributed by atoms with van der Waals surface area (Å²) in [6.45, 7) is 3.35. The van der Waals surface area contributed by atoms with Gasteiger partial charge >= 0.3 is 0 Å². The summed E-state index contributed by atoms with van der Waals surface area (Å²) in [7, 11) is 0. The van der Waals surface area contributed by atoms with Crippen molar-refractivity contribution in [2.24, 2.45) is 0 Å². The second-order valence-corrected chi connectivity index (χ2v) is 5.06. The van der Waals surface area contributed by atoms with Crippen molar-refractivity contribution in [3.05, 3.63) is 52.9 Å². The van der Waals surface area contributed by atoms with Crippen molar-refractivity contribution in [1.29, 1.82) is 0 Å². The van der Waals surface area contributed by atoms with Gasteiger partial charge in [-0.2, -0.15) is 0 Å². The highest BCUT2D eigenvalue weighted by Crippen LogP contribution is 2.22. The second-order valence-electron chi connectivity index (χ2n) is 4.62. The van der Waals surface area contributed by atoms with Crippen molar-refractivity contribution < 1.29 is 4.39 Å². The van der Waals surface area contributed by atoms with E-state index in [4.69, 9.17) is 17.3 Å². The lowest BCUT2D eigenvalue weighted by Gasteiger charge is -2.23. The molecule has 0 amide bonds. The van der Waals surface area contributed by atoms with Gasteiger partial charge in [-0.15, -0.1) is 0 Å². The quantitative estimate of drug-likeness (QED) is 0.851. The Morgan fingerprint density at radius 3 is 2.60 bits per heavy atom. The minimum Gasteiger partial charge on any atom is -0.399 e. The molecule has 0 saturated carbocycles. The number of nitrogens with zero attached hydrogens (tertiary/aromatic N) is 2. The van der Waals surface area contributed by atoms with Gasteiger partial charge in [-0.1, -0.05) is 30.7 Å². The van der Waals surface area contributed by atoms with Crippen molar-refractivity contribution in [2.45, 2.75) is 19.9 Å². The maximum atomic E-state index is 14.0. The van der Waals surface area contributed by atoms with Crippen LogP contribution in [0.3, 0.4) is 0 Å². The Labute approximate surface area is 123 Å². The van der Waals surface area contributed by atoms with Crippen LogP contribution < -0.4 is 10.6 Å². The molecule has 106 valence electrons. The van der Waals surface area contributed by atoms with Gasteiger partial charge in [-0.3, -0.25) is 0 Å². The van der Waals surface area contributed by atoms with E-state index in [2.05, 4.69) is 4.98 Å². The summed E-state index contributed by atoms with van der Waals surface area (Å²) in [5.74, 6) is -0.0746. The zero-order chi connectivity index (χ0) is 14.5. The molecular weight excluding hydrogens is 277 g/mol. The van der Waals surface area contributed by atoms with Gasteiger partial charge in [0.1, 0.15) is 0 Å². The van der Waals surface area contributed by atoms with Crippen LogP contribution in [0.15, 0.2) is 36.5 Å². The fourth-order valence-electron chi connectivity index (χ4n) is 2.01. The Kier molecular flexibility index (Phi) is 4.79. The zero-order valence-electron chi connectivity index (χ0n) is 11.3. The minimum atomic E-state index is -0.401. The molecule has 0 aliphatic carbocycles. The highest BCUT2D eigenvalue weighted by molar-refractivity contribution is 6.30. The fourth-order valence-corrected chi connectivity index (χ4v) is 2.16. The van der Waals surface area contributed by atoms with Gasteiger partial charge in [0.25, 0.3) is 0 Å².